The molecule has 0 heterocycles. The van der Waals surface area contributed by atoms with Gasteiger partial charge in [0.2, 0.25) is 5.91 Å². The number of carbonyl (C=O) groups is 3. The van der Waals surface area contributed by atoms with Crippen LogP contribution >= 0.6 is 11.6 Å². The second kappa shape index (κ2) is 8.70. The molecular weight excluding hydrogens is 400 g/mol. The van der Waals surface area contributed by atoms with Gasteiger partial charge in [0, 0.05) is 28.9 Å². The number of halogens is 1. The molecule has 1 fully saturated rings. The van der Waals surface area contributed by atoms with Gasteiger partial charge in [-0.05, 0) is 43.2 Å². The fourth-order valence-electron chi connectivity index (χ4n) is 2.50. The van der Waals surface area contributed by atoms with Crippen molar-refractivity contribution in [2.45, 2.75) is 18.9 Å². The molecule has 3 amide bonds. The molecule has 0 aliphatic heterocycles. The number of nitro benzene ring substituents is 1. The standard InChI is InChI=1S/C19H17ClN4O5/c20-15-7-4-12(9-16(15)24(28)29)18(26)21-10-17(25)22-14-3-1-2-11(8-14)19(27)23-13-5-6-13/h1-4,7-9,13H,5-6,10H2,(H,21,26)(H,22,25)(H,23,27). The molecule has 1 saturated carbocycles. The Labute approximate surface area is 170 Å². The number of amides is 3. The Hall–Kier alpha value is -3.46. The van der Waals surface area contributed by atoms with E-state index in [1.165, 1.54) is 12.1 Å². The SMILES string of the molecule is O=C(CNC(=O)c1ccc(Cl)c([N+](=O)[O-])c1)Nc1cccc(C(=O)NC2CC2)c1. The van der Waals surface area contributed by atoms with Gasteiger partial charge >= 0.3 is 0 Å². The van der Waals surface area contributed by atoms with Crippen LogP contribution in [0.4, 0.5) is 11.4 Å². The van der Waals surface area contributed by atoms with Crippen molar-refractivity contribution in [3.63, 3.8) is 0 Å². The Balaban J connectivity index is 1.56. The van der Waals surface area contributed by atoms with E-state index in [1.54, 1.807) is 24.3 Å². The van der Waals surface area contributed by atoms with Crippen LogP contribution in [0.2, 0.25) is 5.02 Å². The highest BCUT2D eigenvalue weighted by Crippen LogP contribution is 2.25. The highest BCUT2D eigenvalue weighted by Gasteiger charge is 2.24. The topological polar surface area (TPSA) is 130 Å². The summed E-state index contributed by atoms with van der Waals surface area (Å²) < 4.78 is 0. The summed E-state index contributed by atoms with van der Waals surface area (Å²) in [6.07, 6.45) is 1.94. The molecule has 2 aromatic carbocycles. The number of hydrogen-bond acceptors (Lipinski definition) is 5. The summed E-state index contributed by atoms with van der Waals surface area (Å²) in [7, 11) is 0. The second-order valence-electron chi connectivity index (χ2n) is 6.48. The number of anilines is 1. The van der Waals surface area contributed by atoms with E-state index < -0.39 is 22.4 Å². The maximum Gasteiger partial charge on any atom is 0.288 e. The second-order valence-corrected chi connectivity index (χ2v) is 6.89. The highest BCUT2D eigenvalue weighted by atomic mass is 35.5. The van der Waals surface area contributed by atoms with Gasteiger partial charge in [-0.15, -0.1) is 0 Å². The zero-order chi connectivity index (χ0) is 21.0. The maximum absolute atomic E-state index is 12.1. The van der Waals surface area contributed by atoms with E-state index in [-0.39, 0.29) is 29.1 Å². The van der Waals surface area contributed by atoms with Crippen molar-refractivity contribution in [2.24, 2.45) is 0 Å². The van der Waals surface area contributed by atoms with Crippen LogP contribution in [0.25, 0.3) is 0 Å². The quantitative estimate of drug-likeness (QED) is 0.471. The van der Waals surface area contributed by atoms with E-state index >= 15 is 0 Å². The van der Waals surface area contributed by atoms with Gasteiger partial charge in [-0.3, -0.25) is 24.5 Å². The Morgan fingerprint density at radius 2 is 1.79 bits per heavy atom. The minimum Gasteiger partial charge on any atom is -0.349 e. The van der Waals surface area contributed by atoms with E-state index in [4.69, 9.17) is 11.6 Å². The van der Waals surface area contributed by atoms with Crippen LogP contribution in [0.5, 0.6) is 0 Å². The first-order valence-corrected chi connectivity index (χ1v) is 9.14. The van der Waals surface area contributed by atoms with Crippen LogP contribution in [-0.2, 0) is 4.79 Å². The predicted octanol–water partition coefficient (Wildman–Crippen LogP) is 2.51. The molecular formula is C19H17ClN4O5. The summed E-state index contributed by atoms with van der Waals surface area (Å²) in [5.74, 6) is -1.37. The van der Waals surface area contributed by atoms with E-state index in [1.807, 2.05) is 0 Å². The Morgan fingerprint density at radius 1 is 1.07 bits per heavy atom. The molecule has 2 aromatic rings. The van der Waals surface area contributed by atoms with Crippen LogP contribution in [0.1, 0.15) is 33.6 Å². The number of nitrogens with one attached hydrogen (secondary N) is 3. The van der Waals surface area contributed by atoms with Crippen molar-refractivity contribution in [1.29, 1.82) is 0 Å². The van der Waals surface area contributed by atoms with Crippen LogP contribution in [0.3, 0.4) is 0 Å². The van der Waals surface area contributed by atoms with Gasteiger partial charge in [-0.25, -0.2) is 0 Å². The van der Waals surface area contributed by atoms with Gasteiger partial charge in [-0.1, -0.05) is 17.7 Å². The lowest BCUT2D eigenvalue weighted by atomic mass is 10.2. The summed E-state index contributed by atoms with van der Waals surface area (Å²) in [5.41, 5.74) is 0.444. The summed E-state index contributed by atoms with van der Waals surface area (Å²) in [4.78, 5) is 46.5. The lowest BCUT2D eigenvalue weighted by molar-refractivity contribution is -0.384. The van der Waals surface area contributed by atoms with Gasteiger partial charge in [0.15, 0.2) is 0 Å². The average Bonchev–Trinajstić information content (AvgIpc) is 3.50. The molecule has 0 bridgehead atoms. The van der Waals surface area contributed by atoms with E-state index in [0.29, 0.717) is 11.3 Å². The van der Waals surface area contributed by atoms with Gasteiger partial charge in [-0.2, -0.15) is 0 Å². The molecule has 3 rings (SSSR count). The molecule has 9 nitrogen and oxygen atoms in total. The van der Waals surface area contributed by atoms with Crippen molar-refractivity contribution < 1.29 is 19.3 Å². The lowest BCUT2D eigenvalue weighted by Crippen LogP contribution is -2.33. The third-order valence-corrected chi connectivity index (χ3v) is 4.46. The van der Waals surface area contributed by atoms with Crippen molar-refractivity contribution in [2.75, 3.05) is 11.9 Å². The number of carbonyl (C=O) groups excluding carboxylic acids is 3. The molecule has 0 aromatic heterocycles. The first-order chi connectivity index (χ1) is 13.8. The molecule has 150 valence electrons. The number of hydrogen-bond donors (Lipinski definition) is 3. The van der Waals surface area contributed by atoms with E-state index in [2.05, 4.69) is 16.0 Å². The smallest absolute Gasteiger partial charge is 0.288 e. The van der Waals surface area contributed by atoms with Crippen LogP contribution in [0, 0.1) is 10.1 Å². The fourth-order valence-corrected chi connectivity index (χ4v) is 2.68. The Morgan fingerprint density at radius 3 is 2.48 bits per heavy atom. The first kappa shape index (κ1) is 20.3. The van der Waals surface area contributed by atoms with Crippen LogP contribution in [-0.4, -0.2) is 35.2 Å². The monoisotopic (exact) mass is 416 g/mol. The van der Waals surface area contributed by atoms with Crippen molar-refractivity contribution in [3.05, 3.63) is 68.7 Å². The fraction of sp³-hybridized carbons (Fsp3) is 0.211. The molecule has 1 aliphatic rings. The molecule has 0 radical (unpaired) electrons. The van der Waals surface area contributed by atoms with Gasteiger partial charge in [0.25, 0.3) is 17.5 Å². The molecule has 3 N–H and O–H groups in total. The third kappa shape index (κ3) is 5.52. The predicted molar refractivity (Wildman–Crippen MR) is 106 cm³/mol. The summed E-state index contributed by atoms with van der Waals surface area (Å²) in [6, 6.07) is 10.3. The van der Waals surface area contributed by atoms with Gasteiger partial charge in [0.05, 0.1) is 11.5 Å². The van der Waals surface area contributed by atoms with Crippen molar-refractivity contribution in [3.8, 4) is 0 Å². The van der Waals surface area contributed by atoms with Crippen molar-refractivity contribution in [1.82, 2.24) is 10.6 Å². The lowest BCUT2D eigenvalue weighted by Gasteiger charge is -2.09. The normalized spacial score (nSPS) is 12.7. The molecule has 0 spiro atoms. The molecule has 0 saturated heterocycles. The van der Waals surface area contributed by atoms with E-state index in [0.717, 1.165) is 18.9 Å². The molecule has 10 heteroatoms. The highest BCUT2D eigenvalue weighted by molar-refractivity contribution is 6.32. The van der Waals surface area contributed by atoms with E-state index in [9.17, 15) is 24.5 Å². The summed E-state index contributed by atoms with van der Waals surface area (Å²) >= 11 is 5.71. The number of nitrogens with zero attached hydrogens (tertiary/aromatic N) is 1. The van der Waals surface area contributed by atoms with Crippen molar-refractivity contribution >= 4 is 40.7 Å². The molecule has 0 unspecified atom stereocenters. The number of rotatable bonds is 7. The number of nitro groups is 1. The van der Waals surface area contributed by atoms with Gasteiger partial charge in [0.1, 0.15) is 5.02 Å². The largest absolute Gasteiger partial charge is 0.349 e. The Kier molecular flexibility index (Phi) is 6.08. The molecule has 1 aliphatic carbocycles. The maximum atomic E-state index is 12.1. The number of benzene rings is 2. The molecule has 0 atom stereocenters. The van der Waals surface area contributed by atoms with Gasteiger partial charge < -0.3 is 16.0 Å². The zero-order valence-corrected chi connectivity index (χ0v) is 15.9. The summed E-state index contributed by atoms with van der Waals surface area (Å²) in [5, 5.41) is 18.6. The minimum atomic E-state index is -0.696. The minimum absolute atomic E-state index is 0.00708. The van der Waals surface area contributed by atoms with Crippen LogP contribution in [0.15, 0.2) is 42.5 Å². The summed E-state index contributed by atoms with van der Waals surface area (Å²) in [6.45, 7) is -0.353. The zero-order valence-electron chi connectivity index (χ0n) is 15.1. The van der Waals surface area contributed by atoms with Crippen LogP contribution < -0.4 is 16.0 Å². The Bertz CT molecular complexity index is 990. The third-order valence-electron chi connectivity index (χ3n) is 4.14. The molecule has 29 heavy (non-hydrogen) atoms. The average molecular weight is 417 g/mol. The first-order valence-electron chi connectivity index (χ1n) is 8.76.